The number of rotatable bonds is 2. The van der Waals surface area contributed by atoms with Gasteiger partial charge in [0, 0.05) is 12.7 Å². The molecular formula is C13H17N3O3. The van der Waals surface area contributed by atoms with Crippen LogP contribution in [-0.2, 0) is 4.74 Å². The van der Waals surface area contributed by atoms with Crippen LogP contribution in [0.25, 0.3) is 0 Å². The van der Waals surface area contributed by atoms with Gasteiger partial charge in [0.25, 0.3) is 0 Å². The van der Waals surface area contributed by atoms with Crippen LogP contribution in [-0.4, -0.2) is 41.4 Å². The highest BCUT2D eigenvalue weighted by atomic mass is 16.5. The lowest BCUT2D eigenvalue weighted by atomic mass is 10.1. The highest BCUT2D eigenvalue weighted by Crippen LogP contribution is 2.34. The topological polar surface area (TPSA) is 88.7 Å². The third kappa shape index (κ3) is 2.12. The second-order valence-electron chi connectivity index (χ2n) is 5.04. The number of carboxylic acid groups (broad SMARTS) is 1. The van der Waals surface area contributed by atoms with Gasteiger partial charge in [-0.05, 0) is 25.3 Å². The van der Waals surface area contributed by atoms with Gasteiger partial charge in [0.05, 0.1) is 30.0 Å². The fraction of sp³-hybridized carbons (Fsp3) is 0.538. The molecule has 2 atom stereocenters. The quantitative estimate of drug-likeness (QED) is 0.831. The molecule has 6 heteroatoms. The molecule has 3 N–H and O–H groups in total. The van der Waals surface area contributed by atoms with Crippen molar-refractivity contribution in [3.63, 3.8) is 0 Å². The summed E-state index contributed by atoms with van der Waals surface area (Å²) in [4.78, 5) is 17.3. The number of hydrogen-bond donors (Lipinski definition) is 2. The maximum absolute atomic E-state index is 10.9. The molecule has 1 aromatic heterocycles. The van der Waals surface area contributed by atoms with Gasteiger partial charge < -0.3 is 20.5 Å². The van der Waals surface area contributed by atoms with E-state index in [0.29, 0.717) is 24.2 Å². The Morgan fingerprint density at radius 2 is 2.37 bits per heavy atom. The molecule has 1 saturated carbocycles. The number of pyridine rings is 1. The number of carboxylic acids is 1. The molecule has 19 heavy (non-hydrogen) atoms. The van der Waals surface area contributed by atoms with E-state index in [2.05, 4.69) is 9.88 Å². The van der Waals surface area contributed by atoms with E-state index in [0.717, 1.165) is 25.8 Å². The van der Waals surface area contributed by atoms with Gasteiger partial charge in [0.15, 0.2) is 5.82 Å². The Morgan fingerprint density at radius 3 is 3.11 bits per heavy atom. The van der Waals surface area contributed by atoms with Crippen LogP contribution in [0.2, 0.25) is 0 Å². The maximum Gasteiger partial charge on any atom is 0.337 e. The second-order valence-corrected chi connectivity index (χ2v) is 5.04. The monoisotopic (exact) mass is 263 g/mol. The Labute approximate surface area is 111 Å². The second kappa shape index (κ2) is 4.70. The number of fused-ring (bicyclic) bond motifs is 1. The lowest BCUT2D eigenvalue weighted by Gasteiger charge is -2.39. The standard InChI is InChI=1S/C13H17N3O3/c14-9-6-8(13(17)18)7-15-12(9)16-4-5-19-11-3-1-2-10(11)16/h6-7,10-11H,1-5,14H2,(H,17,18). The number of ether oxygens (including phenoxy) is 1. The minimum Gasteiger partial charge on any atom is -0.478 e. The number of hydrogen-bond acceptors (Lipinski definition) is 5. The van der Waals surface area contributed by atoms with Crippen LogP contribution in [0.15, 0.2) is 12.3 Å². The highest BCUT2D eigenvalue weighted by Gasteiger charge is 2.37. The van der Waals surface area contributed by atoms with Gasteiger partial charge in [0.1, 0.15) is 0 Å². The molecule has 3 rings (SSSR count). The van der Waals surface area contributed by atoms with E-state index in [1.165, 1.54) is 12.3 Å². The molecule has 1 aliphatic heterocycles. The van der Waals surface area contributed by atoms with Gasteiger partial charge in [-0.1, -0.05) is 0 Å². The van der Waals surface area contributed by atoms with Crippen LogP contribution >= 0.6 is 0 Å². The summed E-state index contributed by atoms with van der Waals surface area (Å²) in [6.45, 7) is 1.42. The summed E-state index contributed by atoms with van der Waals surface area (Å²) < 4.78 is 5.75. The minimum absolute atomic E-state index is 0.123. The first-order valence-electron chi connectivity index (χ1n) is 6.54. The van der Waals surface area contributed by atoms with E-state index in [1.807, 2.05) is 0 Å². The smallest absolute Gasteiger partial charge is 0.337 e. The predicted octanol–water partition coefficient (Wildman–Crippen LogP) is 1.12. The van der Waals surface area contributed by atoms with Gasteiger partial charge in [-0.2, -0.15) is 0 Å². The summed E-state index contributed by atoms with van der Waals surface area (Å²) in [5.74, 6) is -0.323. The maximum atomic E-state index is 10.9. The number of aromatic nitrogens is 1. The molecule has 0 bridgehead atoms. The Morgan fingerprint density at radius 1 is 1.53 bits per heavy atom. The number of aromatic carboxylic acids is 1. The van der Waals surface area contributed by atoms with Crippen molar-refractivity contribution in [2.75, 3.05) is 23.8 Å². The number of nitrogen functional groups attached to an aromatic ring is 1. The van der Waals surface area contributed by atoms with Crippen molar-refractivity contribution in [1.29, 1.82) is 0 Å². The summed E-state index contributed by atoms with van der Waals surface area (Å²) in [5.41, 5.74) is 6.51. The number of morpholine rings is 1. The van der Waals surface area contributed by atoms with Crippen molar-refractivity contribution in [3.05, 3.63) is 17.8 Å². The summed E-state index contributed by atoms with van der Waals surface area (Å²) in [5, 5.41) is 8.93. The van der Waals surface area contributed by atoms with Crippen LogP contribution < -0.4 is 10.6 Å². The molecule has 2 fully saturated rings. The van der Waals surface area contributed by atoms with E-state index in [1.54, 1.807) is 0 Å². The molecular weight excluding hydrogens is 246 g/mol. The van der Waals surface area contributed by atoms with Gasteiger partial charge in [-0.25, -0.2) is 9.78 Å². The molecule has 1 aromatic rings. The summed E-state index contributed by atoms with van der Waals surface area (Å²) in [7, 11) is 0. The molecule has 2 aliphatic rings. The van der Waals surface area contributed by atoms with Crippen molar-refractivity contribution in [3.8, 4) is 0 Å². The molecule has 0 amide bonds. The van der Waals surface area contributed by atoms with Crippen molar-refractivity contribution in [2.24, 2.45) is 0 Å². The molecule has 2 unspecified atom stereocenters. The minimum atomic E-state index is -1.01. The van der Waals surface area contributed by atoms with Crippen LogP contribution in [0.4, 0.5) is 11.5 Å². The fourth-order valence-electron chi connectivity index (χ4n) is 3.02. The van der Waals surface area contributed by atoms with Crippen molar-refractivity contribution in [2.45, 2.75) is 31.4 Å². The zero-order chi connectivity index (χ0) is 13.4. The highest BCUT2D eigenvalue weighted by molar-refractivity contribution is 5.89. The first-order chi connectivity index (χ1) is 9.16. The van der Waals surface area contributed by atoms with Gasteiger partial charge in [-0.15, -0.1) is 0 Å². The zero-order valence-electron chi connectivity index (χ0n) is 10.6. The van der Waals surface area contributed by atoms with Crippen molar-refractivity contribution < 1.29 is 14.6 Å². The fourth-order valence-corrected chi connectivity index (χ4v) is 3.02. The van der Waals surface area contributed by atoms with Gasteiger partial charge >= 0.3 is 5.97 Å². The van der Waals surface area contributed by atoms with Crippen molar-refractivity contribution in [1.82, 2.24) is 4.98 Å². The number of nitrogens with zero attached hydrogens (tertiary/aromatic N) is 2. The van der Waals surface area contributed by atoms with Crippen LogP contribution in [0.3, 0.4) is 0 Å². The summed E-state index contributed by atoms with van der Waals surface area (Å²) in [6.07, 6.45) is 4.93. The molecule has 6 nitrogen and oxygen atoms in total. The molecule has 1 aliphatic carbocycles. The Balaban J connectivity index is 1.90. The Kier molecular flexibility index (Phi) is 3.02. The zero-order valence-corrected chi connectivity index (χ0v) is 10.6. The lowest BCUT2D eigenvalue weighted by molar-refractivity contribution is 0.0254. The normalized spacial score (nSPS) is 26.2. The number of anilines is 2. The number of carbonyl (C=O) groups is 1. The molecule has 1 saturated heterocycles. The van der Waals surface area contributed by atoms with Gasteiger partial charge in [-0.3, -0.25) is 0 Å². The Bertz CT molecular complexity index is 506. The van der Waals surface area contributed by atoms with Gasteiger partial charge in [0.2, 0.25) is 0 Å². The van der Waals surface area contributed by atoms with Crippen LogP contribution in [0.5, 0.6) is 0 Å². The average Bonchev–Trinajstić information content (AvgIpc) is 2.86. The van der Waals surface area contributed by atoms with Crippen molar-refractivity contribution >= 4 is 17.5 Å². The average molecular weight is 263 g/mol. The molecule has 0 spiro atoms. The van der Waals surface area contributed by atoms with E-state index in [-0.39, 0.29) is 11.7 Å². The first kappa shape index (κ1) is 12.2. The molecule has 0 aromatic carbocycles. The van der Waals surface area contributed by atoms with E-state index >= 15 is 0 Å². The lowest BCUT2D eigenvalue weighted by Crippen LogP contribution is -2.49. The summed E-state index contributed by atoms with van der Waals surface area (Å²) in [6, 6.07) is 1.80. The van der Waals surface area contributed by atoms with E-state index in [9.17, 15) is 4.79 Å². The summed E-state index contributed by atoms with van der Waals surface area (Å²) >= 11 is 0. The van der Waals surface area contributed by atoms with E-state index in [4.69, 9.17) is 15.6 Å². The molecule has 0 radical (unpaired) electrons. The van der Waals surface area contributed by atoms with E-state index < -0.39 is 5.97 Å². The van der Waals surface area contributed by atoms with Crippen LogP contribution in [0, 0.1) is 0 Å². The largest absolute Gasteiger partial charge is 0.478 e. The molecule has 102 valence electrons. The number of nitrogens with two attached hydrogens (primary N) is 1. The third-order valence-electron chi connectivity index (χ3n) is 3.90. The third-order valence-corrected chi connectivity index (χ3v) is 3.90. The Hall–Kier alpha value is -1.82. The van der Waals surface area contributed by atoms with Crippen LogP contribution in [0.1, 0.15) is 29.6 Å². The first-order valence-corrected chi connectivity index (χ1v) is 6.54. The SMILES string of the molecule is Nc1cc(C(=O)O)cnc1N1CCOC2CCCC21. The predicted molar refractivity (Wildman–Crippen MR) is 70.3 cm³/mol. The molecule has 2 heterocycles.